The molecule has 0 bridgehead atoms. The highest BCUT2D eigenvalue weighted by Gasteiger charge is 2.10. The molecule has 2 atom stereocenters. The molecular weight excluding hydrogens is 278 g/mol. The predicted molar refractivity (Wildman–Crippen MR) is 91.6 cm³/mol. The molecule has 0 amide bonds. The van der Waals surface area contributed by atoms with Crippen LogP contribution in [0.15, 0.2) is 54.6 Å². The smallest absolute Gasteiger partial charge is 0.0428 e. The van der Waals surface area contributed by atoms with Crippen LogP contribution in [0.25, 0.3) is 11.1 Å². The van der Waals surface area contributed by atoms with Gasteiger partial charge in [0.1, 0.15) is 0 Å². The minimum atomic E-state index is -0.817. The van der Waals surface area contributed by atoms with Crippen molar-refractivity contribution < 1.29 is 4.21 Å². The Morgan fingerprint density at radius 2 is 1.62 bits per heavy atom. The van der Waals surface area contributed by atoms with Crippen molar-refractivity contribution >= 4 is 10.8 Å². The Morgan fingerprint density at radius 1 is 1.00 bits per heavy atom. The van der Waals surface area contributed by atoms with Gasteiger partial charge in [-0.15, -0.1) is 0 Å². The number of benzene rings is 2. The molecule has 2 aromatic rings. The first kappa shape index (κ1) is 15.9. The zero-order chi connectivity index (χ0) is 15.1. The maximum absolute atomic E-state index is 11.9. The van der Waals surface area contributed by atoms with Gasteiger partial charge in [0.05, 0.1) is 0 Å². The van der Waals surface area contributed by atoms with Crippen LogP contribution < -0.4 is 5.73 Å². The topological polar surface area (TPSA) is 43.1 Å². The third kappa shape index (κ3) is 4.80. The maximum Gasteiger partial charge on any atom is 0.0428 e. The number of nitrogens with two attached hydrogens (primary N) is 1. The summed E-state index contributed by atoms with van der Waals surface area (Å²) in [5.74, 6) is 1.30. The van der Waals surface area contributed by atoms with Crippen LogP contribution in [0, 0.1) is 0 Å². The van der Waals surface area contributed by atoms with Gasteiger partial charge in [-0.3, -0.25) is 4.21 Å². The van der Waals surface area contributed by atoms with E-state index in [1.54, 1.807) is 0 Å². The van der Waals surface area contributed by atoms with Crippen LogP contribution in [0.1, 0.15) is 31.4 Å². The van der Waals surface area contributed by atoms with Crippen LogP contribution in [-0.4, -0.2) is 15.7 Å². The van der Waals surface area contributed by atoms with Crippen LogP contribution in [-0.2, 0) is 10.8 Å². The molecule has 112 valence electrons. The van der Waals surface area contributed by atoms with Crippen molar-refractivity contribution in [3.8, 4) is 11.1 Å². The van der Waals surface area contributed by atoms with Gasteiger partial charge in [-0.05, 0) is 23.1 Å². The van der Waals surface area contributed by atoms with Crippen LogP contribution >= 0.6 is 0 Å². The molecule has 2 rings (SSSR count). The number of rotatable bonds is 7. The van der Waals surface area contributed by atoms with E-state index in [4.69, 9.17) is 5.73 Å². The first-order chi connectivity index (χ1) is 10.2. The Kier molecular flexibility index (Phi) is 6.15. The standard InChI is InChI=1S/C18H23NOS/c1-2-3-13-21(20)14-18(19)17-11-9-16(10-12-17)15-7-5-4-6-8-15/h4-12,18H,2-3,13-14,19H2,1H3. The van der Waals surface area contributed by atoms with Crippen molar-refractivity contribution in [3.05, 3.63) is 60.2 Å². The fourth-order valence-corrected chi connectivity index (χ4v) is 3.61. The molecule has 21 heavy (non-hydrogen) atoms. The largest absolute Gasteiger partial charge is 0.323 e. The molecule has 0 saturated carbocycles. The van der Waals surface area contributed by atoms with Crippen molar-refractivity contribution in [2.45, 2.75) is 25.8 Å². The van der Waals surface area contributed by atoms with E-state index in [0.29, 0.717) is 5.75 Å². The van der Waals surface area contributed by atoms with Gasteiger partial charge in [0.25, 0.3) is 0 Å². The highest BCUT2D eigenvalue weighted by atomic mass is 32.2. The second-order valence-electron chi connectivity index (χ2n) is 5.26. The van der Waals surface area contributed by atoms with E-state index in [1.165, 1.54) is 11.1 Å². The second kappa shape index (κ2) is 8.11. The highest BCUT2D eigenvalue weighted by Crippen LogP contribution is 2.21. The van der Waals surface area contributed by atoms with Gasteiger partial charge in [-0.2, -0.15) is 0 Å². The maximum atomic E-state index is 11.9. The van der Waals surface area contributed by atoms with Gasteiger partial charge in [-0.25, -0.2) is 0 Å². The van der Waals surface area contributed by atoms with Crippen LogP contribution in [0.3, 0.4) is 0 Å². The summed E-state index contributed by atoms with van der Waals surface area (Å²) in [5.41, 5.74) is 9.60. The van der Waals surface area contributed by atoms with E-state index in [-0.39, 0.29) is 6.04 Å². The minimum absolute atomic E-state index is 0.146. The minimum Gasteiger partial charge on any atom is -0.323 e. The Labute approximate surface area is 129 Å². The summed E-state index contributed by atoms with van der Waals surface area (Å²) in [6.45, 7) is 2.11. The van der Waals surface area contributed by atoms with Crippen LogP contribution in [0.5, 0.6) is 0 Å². The van der Waals surface area contributed by atoms with E-state index < -0.39 is 10.8 Å². The molecule has 0 radical (unpaired) electrons. The Hall–Kier alpha value is -1.45. The van der Waals surface area contributed by atoms with Gasteiger partial charge in [0, 0.05) is 28.3 Å². The van der Waals surface area contributed by atoms with Gasteiger partial charge < -0.3 is 5.73 Å². The predicted octanol–water partition coefficient (Wildman–Crippen LogP) is 3.90. The summed E-state index contributed by atoms with van der Waals surface area (Å²) in [4.78, 5) is 0. The lowest BCUT2D eigenvalue weighted by Crippen LogP contribution is -2.19. The first-order valence-corrected chi connectivity index (χ1v) is 8.95. The highest BCUT2D eigenvalue weighted by molar-refractivity contribution is 7.85. The number of unbranched alkanes of at least 4 members (excludes halogenated alkanes) is 1. The van der Waals surface area contributed by atoms with Crippen LogP contribution in [0.2, 0.25) is 0 Å². The van der Waals surface area contributed by atoms with E-state index in [1.807, 2.05) is 30.3 Å². The van der Waals surface area contributed by atoms with Gasteiger partial charge >= 0.3 is 0 Å². The lowest BCUT2D eigenvalue weighted by molar-refractivity contribution is 0.671. The summed E-state index contributed by atoms with van der Waals surface area (Å²) >= 11 is 0. The summed E-state index contributed by atoms with van der Waals surface area (Å²) in [6.07, 6.45) is 2.08. The summed E-state index contributed by atoms with van der Waals surface area (Å²) in [6, 6.07) is 18.4. The van der Waals surface area contributed by atoms with Gasteiger partial charge in [0.2, 0.25) is 0 Å². The zero-order valence-corrected chi connectivity index (χ0v) is 13.3. The molecule has 0 aliphatic heterocycles. The summed E-state index contributed by atoms with van der Waals surface area (Å²) in [7, 11) is -0.817. The normalized spacial score (nSPS) is 13.8. The van der Waals surface area contributed by atoms with Crippen molar-refractivity contribution in [3.63, 3.8) is 0 Å². The van der Waals surface area contributed by atoms with E-state index in [2.05, 4.69) is 31.2 Å². The number of hydrogen-bond donors (Lipinski definition) is 1. The molecule has 0 saturated heterocycles. The average Bonchev–Trinajstić information content (AvgIpc) is 2.54. The lowest BCUT2D eigenvalue weighted by Gasteiger charge is -2.12. The van der Waals surface area contributed by atoms with Crippen LogP contribution in [0.4, 0.5) is 0 Å². The second-order valence-corrected chi connectivity index (χ2v) is 6.88. The summed E-state index contributed by atoms with van der Waals surface area (Å²) in [5, 5.41) is 0. The quantitative estimate of drug-likeness (QED) is 0.842. The van der Waals surface area contributed by atoms with E-state index >= 15 is 0 Å². The zero-order valence-electron chi connectivity index (χ0n) is 12.5. The lowest BCUT2D eigenvalue weighted by atomic mass is 10.0. The third-order valence-corrected chi connectivity index (χ3v) is 5.01. The van der Waals surface area contributed by atoms with Gasteiger partial charge in [0.15, 0.2) is 0 Å². The summed E-state index contributed by atoms with van der Waals surface area (Å²) < 4.78 is 11.9. The number of hydrogen-bond acceptors (Lipinski definition) is 2. The first-order valence-electron chi connectivity index (χ1n) is 7.46. The molecule has 2 nitrogen and oxygen atoms in total. The molecule has 2 aromatic carbocycles. The molecule has 2 unspecified atom stereocenters. The molecule has 0 fully saturated rings. The molecule has 0 aliphatic carbocycles. The third-order valence-electron chi connectivity index (χ3n) is 3.54. The SMILES string of the molecule is CCCCS(=O)CC(N)c1ccc(-c2ccccc2)cc1. The molecule has 0 heterocycles. The molecule has 0 aromatic heterocycles. The molecular formula is C18H23NOS. The fourth-order valence-electron chi connectivity index (χ4n) is 2.24. The Balaban J connectivity index is 2.00. The van der Waals surface area contributed by atoms with Crippen molar-refractivity contribution in [1.82, 2.24) is 0 Å². The fraction of sp³-hybridized carbons (Fsp3) is 0.333. The van der Waals surface area contributed by atoms with Crippen molar-refractivity contribution in [2.75, 3.05) is 11.5 Å². The molecule has 2 N–H and O–H groups in total. The van der Waals surface area contributed by atoms with E-state index in [0.717, 1.165) is 24.2 Å². The van der Waals surface area contributed by atoms with Gasteiger partial charge in [-0.1, -0.05) is 67.9 Å². The molecule has 0 spiro atoms. The Bertz CT molecular complexity index is 566. The monoisotopic (exact) mass is 301 g/mol. The van der Waals surface area contributed by atoms with Crippen molar-refractivity contribution in [2.24, 2.45) is 5.73 Å². The van der Waals surface area contributed by atoms with E-state index in [9.17, 15) is 4.21 Å². The Morgan fingerprint density at radius 3 is 2.24 bits per heavy atom. The molecule has 0 aliphatic rings. The molecule has 3 heteroatoms. The average molecular weight is 301 g/mol. The van der Waals surface area contributed by atoms with Crippen molar-refractivity contribution in [1.29, 1.82) is 0 Å².